The second kappa shape index (κ2) is 14.6. The van der Waals surface area contributed by atoms with Gasteiger partial charge in [-0.15, -0.1) is 0 Å². The van der Waals surface area contributed by atoms with Gasteiger partial charge in [0.15, 0.2) is 0 Å². The molecule has 0 spiro atoms. The highest BCUT2D eigenvalue weighted by atomic mass is 14.3. The summed E-state index contributed by atoms with van der Waals surface area (Å²) < 4.78 is 0. The summed E-state index contributed by atoms with van der Waals surface area (Å²) in [5.74, 6) is 0.644. The maximum atomic E-state index is 4.50. The molecule has 0 amide bonds. The molecule has 9 rings (SSSR count). The molecule has 264 valence electrons. The fraction of sp³-hybridized carbons (Fsp3) is 0.185. The van der Waals surface area contributed by atoms with E-state index in [0.29, 0.717) is 5.92 Å². The first-order valence-electron chi connectivity index (χ1n) is 19.9. The quantitative estimate of drug-likeness (QED) is 0.110. The summed E-state index contributed by atoms with van der Waals surface area (Å²) in [6.07, 6.45) is 22.0. The predicted octanol–water partition coefficient (Wildman–Crippen LogP) is 15.6. The molecule has 0 N–H and O–H groups in total. The van der Waals surface area contributed by atoms with Crippen LogP contribution in [0.2, 0.25) is 0 Å². The van der Waals surface area contributed by atoms with Crippen LogP contribution in [0.25, 0.3) is 66.1 Å². The Bertz CT molecular complexity index is 2530. The first-order valence-corrected chi connectivity index (χ1v) is 19.9. The Kier molecular flexibility index (Phi) is 9.21. The van der Waals surface area contributed by atoms with Crippen molar-refractivity contribution in [1.82, 2.24) is 0 Å². The molecule has 0 saturated heterocycles. The van der Waals surface area contributed by atoms with Crippen molar-refractivity contribution in [2.75, 3.05) is 0 Å². The molecule has 0 nitrogen and oxygen atoms in total. The van der Waals surface area contributed by atoms with Crippen molar-refractivity contribution in [3.63, 3.8) is 0 Å². The third kappa shape index (κ3) is 6.24. The molecule has 6 aromatic carbocycles. The number of fused-ring (bicyclic) bond motifs is 2. The Hall–Kier alpha value is -5.72. The fourth-order valence-corrected chi connectivity index (χ4v) is 9.11. The Balaban J connectivity index is 1.14. The van der Waals surface area contributed by atoms with Crippen molar-refractivity contribution in [3.05, 3.63) is 192 Å². The summed E-state index contributed by atoms with van der Waals surface area (Å²) in [6, 6.07) is 43.4. The van der Waals surface area contributed by atoms with Crippen LogP contribution in [0.1, 0.15) is 81.4 Å². The van der Waals surface area contributed by atoms with E-state index in [9.17, 15) is 0 Å². The van der Waals surface area contributed by atoms with Gasteiger partial charge >= 0.3 is 0 Å². The average molecular weight is 697 g/mol. The normalized spacial score (nSPS) is 16.2. The Labute approximate surface area is 321 Å². The average Bonchev–Trinajstić information content (AvgIpc) is 3.19. The lowest BCUT2D eigenvalue weighted by Crippen LogP contribution is -2.13. The third-order valence-electron chi connectivity index (χ3n) is 12.2. The molecule has 0 radical (unpaired) electrons. The van der Waals surface area contributed by atoms with Gasteiger partial charge in [0.1, 0.15) is 0 Å². The number of benzene rings is 6. The lowest BCUT2D eigenvalue weighted by atomic mass is 9.73. The Morgan fingerprint density at radius 3 is 1.81 bits per heavy atom. The van der Waals surface area contributed by atoms with E-state index < -0.39 is 0 Å². The molecule has 3 aliphatic rings. The van der Waals surface area contributed by atoms with Gasteiger partial charge in [-0.2, -0.15) is 0 Å². The highest BCUT2D eigenvalue weighted by Gasteiger charge is 2.27. The fourth-order valence-electron chi connectivity index (χ4n) is 9.11. The zero-order valence-corrected chi connectivity index (χ0v) is 31.7. The van der Waals surface area contributed by atoms with Crippen LogP contribution in [-0.4, -0.2) is 0 Å². The standard InChI is InChI=1S/C54H48/c1-36-15-4-6-17-39(36)30-29-37(2)43-20-13-21-44(35-43)54-50-25-10-8-23-48(50)53(49-24-9-11-26-51(49)54)42-33-31-40(32-34-42)46-27-14-28-47(52(46)41-18-12-19-41)45-22-7-5-16-38(45)3/h4-5,8-11,13-16,20-21,23-35,41H,2,6-7,12,17-19,22H2,1,3H3/b30-29-. The summed E-state index contributed by atoms with van der Waals surface area (Å²) in [4.78, 5) is 0. The minimum Gasteiger partial charge on any atom is -0.0912 e. The molecule has 1 saturated carbocycles. The molecule has 0 heterocycles. The zero-order valence-electron chi connectivity index (χ0n) is 31.7. The van der Waals surface area contributed by atoms with Gasteiger partial charge in [-0.3, -0.25) is 0 Å². The van der Waals surface area contributed by atoms with Crippen LogP contribution in [0.5, 0.6) is 0 Å². The van der Waals surface area contributed by atoms with Gasteiger partial charge in [0.25, 0.3) is 0 Å². The highest BCUT2D eigenvalue weighted by molar-refractivity contribution is 6.21. The Morgan fingerprint density at radius 2 is 1.19 bits per heavy atom. The second-order valence-electron chi connectivity index (χ2n) is 15.5. The number of hydrogen-bond donors (Lipinski definition) is 0. The maximum absolute atomic E-state index is 4.50. The lowest BCUT2D eigenvalue weighted by Gasteiger charge is -2.32. The van der Waals surface area contributed by atoms with Crippen molar-refractivity contribution >= 4 is 32.7 Å². The Morgan fingerprint density at radius 1 is 0.593 bits per heavy atom. The molecule has 0 bridgehead atoms. The van der Waals surface area contributed by atoms with Crippen LogP contribution in [0.15, 0.2) is 175 Å². The van der Waals surface area contributed by atoms with E-state index in [-0.39, 0.29) is 0 Å². The lowest BCUT2D eigenvalue weighted by molar-refractivity contribution is 0.420. The highest BCUT2D eigenvalue weighted by Crippen LogP contribution is 2.48. The van der Waals surface area contributed by atoms with Gasteiger partial charge in [0, 0.05) is 0 Å². The van der Waals surface area contributed by atoms with Crippen molar-refractivity contribution in [3.8, 4) is 33.4 Å². The summed E-state index contributed by atoms with van der Waals surface area (Å²) >= 11 is 0. The molecule has 0 unspecified atom stereocenters. The van der Waals surface area contributed by atoms with Crippen molar-refractivity contribution in [1.29, 1.82) is 0 Å². The summed E-state index contributed by atoms with van der Waals surface area (Å²) in [6.45, 7) is 8.99. The van der Waals surface area contributed by atoms with E-state index >= 15 is 0 Å². The molecule has 3 aliphatic carbocycles. The predicted molar refractivity (Wildman–Crippen MR) is 235 cm³/mol. The van der Waals surface area contributed by atoms with Gasteiger partial charge in [-0.1, -0.05) is 159 Å². The number of rotatable bonds is 8. The van der Waals surface area contributed by atoms with E-state index in [1.54, 1.807) is 5.56 Å². The van der Waals surface area contributed by atoms with Gasteiger partial charge < -0.3 is 0 Å². The molecule has 0 heteroatoms. The largest absolute Gasteiger partial charge is 0.0912 e. The molecule has 1 fully saturated rings. The number of hydrogen-bond acceptors (Lipinski definition) is 0. The van der Waals surface area contributed by atoms with Gasteiger partial charge in [-0.05, 0) is 164 Å². The smallest absolute Gasteiger partial charge is 0.00262 e. The third-order valence-corrected chi connectivity index (χ3v) is 12.2. The summed E-state index contributed by atoms with van der Waals surface area (Å²) in [5, 5.41) is 5.10. The maximum Gasteiger partial charge on any atom is -0.00262 e. The first kappa shape index (κ1) is 34.1. The molecule has 0 aromatic heterocycles. The number of allylic oxidation sites excluding steroid dienone is 11. The van der Waals surface area contributed by atoms with E-state index in [4.69, 9.17) is 0 Å². The molecular weight excluding hydrogens is 649 g/mol. The topological polar surface area (TPSA) is 0 Å². The van der Waals surface area contributed by atoms with E-state index in [1.165, 1.54) is 102 Å². The summed E-state index contributed by atoms with van der Waals surface area (Å²) in [5.41, 5.74) is 18.7. The van der Waals surface area contributed by atoms with E-state index in [1.807, 2.05) is 0 Å². The van der Waals surface area contributed by atoms with Gasteiger partial charge in [0.05, 0.1) is 0 Å². The monoisotopic (exact) mass is 696 g/mol. The van der Waals surface area contributed by atoms with E-state index in [2.05, 4.69) is 172 Å². The molecule has 54 heavy (non-hydrogen) atoms. The second-order valence-corrected chi connectivity index (χ2v) is 15.5. The van der Waals surface area contributed by atoms with Crippen LogP contribution < -0.4 is 0 Å². The van der Waals surface area contributed by atoms with E-state index in [0.717, 1.165) is 36.8 Å². The first-order chi connectivity index (χ1) is 26.5. The summed E-state index contributed by atoms with van der Waals surface area (Å²) in [7, 11) is 0. The SMILES string of the molecule is C=C(/C=C\C1=C(C)C=CCC1)c1cccc(-c2c3ccccc3c(-c3ccc(-c4cccc(C5=C(C)C=CCC5)c4C4CCC4)cc3)c3ccccc23)c1. The van der Waals surface area contributed by atoms with Crippen LogP contribution in [0.4, 0.5) is 0 Å². The minimum absolute atomic E-state index is 0.644. The molecule has 6 aromatic rings. The van der Waals surface area contributed by atoms with Crippen LogP contribution in [0, 0.1) is 0 Å². The van der Waals surface area contributed by atoms with Crippen LogP contribution >= 0.6 is 0 Å². The molecule has 0 atom stereocenters. The van der Waals surface area contributed by atoms with Gasteiger partial charge in [0.2, 0.25) is 0 Å². The van der Waals surface area contributed by atoms with Crippen molar-refractivity contribution < 1.29 is 0 Å². The molecule has 0 aliphatic heterocycles. The van der Waals surface area contributed by atoms with Crippen molar-refractivity contribution in [2.45, 2.75) is 64.7 Å². The van der Waals surface area contributed by atoms with Crippen LogP contribution in [0.3, 0.4) is 0 Å². The minimum atomic E-state index is 0.644. The van der Waals surface area contributed by atoms with Crippen LogP contribution in [-0.2, 0) is 0 Å². The van der Waals surface area contributed by atoms with Gasteiger partial charge in [-0.25, -0.2) is 0 Å². The van der Waals surface area contributed by atoms with Crippen molar-refractivity contribution in [2.24, 2.45) is 0 Å². The zero-order chi connectivity index (χ0) is 36.6. The molecular formula is C54H48.